The molecule has 0 N–H and O–H groups in total. The van der Waals surface area contributed by atoms with Crippen molar-refractivity contribution in [3.8, 4) is 17.1 Å². The van der Waals surface area contributed by atoms with Gasteiger partial charge in [-0.05, 0) is 24.3 Å². The van der Waals surface area contributed by atoms with Gasteiger partial charge in [0.1, 0.15) is 0 Å². The Morgan fingerprint density at radius 1 is 1.26 bits per heavy atom. The van der Waals surface area contributed by atoms with Crippen LogP contribution in [0.25, 0.3) is 11.4 Å². The van der Waals surface area contributed by atoms with Gasteiger partial charge in [-0.2, -0.15) is 4.98 Å². The molecule has 3 aromatic rings. The number of ether oxygens (including phenoxy) is 1. The monoisotopic (exact) mass is 332 g/mol. The minimum Gasteiger partial charge on any atom is -0.481 e. The van der Waals surface area contributed by atoms with Crippen LogP contribution in [0.2, 0.25) is 5.15 Å². The van der Waals surface area contributed by atoms with E-state index < -0.39 is 4.92 Å². The fourth-order valence-corrected chi connectivity index (χ4v) is 1.96. The molecule has 3 rings (SSSR count). The van der Waals surface area contributed by atoms with Crippen LogP contribution in [0.5, 0.6) is 5.75 Å². The normalized spacial score (nSPS) is 10.5. The summed E-state index contributed by atoms with van der Waals surface area (Å²) in [7, 11) is 0. The van der Waals surface area contributed by atoms with Crippen LogP contribution in [0.4, 0.5) is 5.69 Å². The minimum atomic E-state index is -0.475. The van der Waals surface area contributed by atoms with E-state index in [1.165, 1.54) is 12.1 Å². The largest absolute Gasteiger partial charge is 0.481 e. The van der Waals surface area contributed by atoms with Gasteiger partial charge in [0.15, 0.2) is 17.5 Å². The van der Waals surface area contributed by atoms with Gasteiger partial charge in [-0.25, -0.2) is 4.98 Å². The summed E-state index contributed by atoms with van der Waals surface area (Å²) in [5.41, 5.74) is 0.594. The third-order valence-corrected chi connectivity index (χ3v) is 3.16. The number of hydrogen-bond donors (Lipinski definition) is 0. The van der Waals surface area contributed by atoms with E-state index in [0.29, 0.717) is 17.1 Å². The lowest BCUT2D eigenvalue weighted by molar-refractivity contribution is -0.384. The molecule has 2 aromatic heterocycles. The lowest BCUT2D eigenvalue weighted by atomic mass is 10.2. The van der Waals surface area contributed by atoms with Crippen LogP contribution < -0.4 is 4.74 Å². The summed E-state index contributed by atoms with van der Waals surface area (Å²) in [6, 6.07) is 9.20. The second-order valence-corrected chi connectivity index (χ2v) is 4.75. The molecule has 0 fully saturated rings. The Hall–Kier alpha value is -3.00. The zero-order chi connectivity index (χ0) is 16.2. The maximum atomic E-state index is 10.6. The highest BCUT2D eigenvalue weighted by Crippen LogP contribution is 2.23. The molecule has 0 saturated carbocycles. The quantitative estimate of drug-likeness (QED) is 0.401. The average molecular weight is 333 g/mol. The zero-order valence-electron chi connectivity index (χ0n) is 11.5. The van der Waals surface area contributed by atoms with Crippen LogP contribution in [0.3, 0.4) is 0 Å². The van der Waals surface area contributed by atoms with Crippen LogP contribution in [0.1, 0.15) is 5.89 Å². The van der Waals surface area contributed by atoms with Gasteiger partial charge < -0.3 is 9.26 Å². The predicted octanol–water partition coefficient (Wildman–Crippen LogP) is 3.27. The molecule has 0 unspecified atom stereocenters. The number of rotatable bonds is 5. The van der Waals surface area contributed by atoms with Crippen molar-refractivity contribution < 1.29 is 14.2 Å². The molecule has 9 heteroatoms. The van der Waals surface area contributed by atoms with E-state index in [4.69, 9.17) is 20.9 Å². The third-order valence-electron chi connectivity index (χ3n) is 2.88. The lowest BCUT2D eigenvalue weighted by Crippen LogP contribution is -1.97. The first-order chi connectivity index (χ1) is 11.1. The van der Waals surface area contributed by atoms with Crippen molar-refractivity contribution in [2.45, 2.75) is 6.61 Å². The van der Waals surface area contributed by atoms with Gasteiger partial charge in [0, 0.05) is 23.9 Å². The maximum Gasteiger partial charge on any atom is 0.269 e. The first kappa shape index (κ1) is 14.9. The number of nitrogens with zero attached hydrogens (tertiary/aromatic N) is 4. The molecule has 0 atom stereocenters. The Morgan fingerprint density at radius 3 is 2.74 bits per heavy atom. The van der Waals surface area contributed by atoms with E-state index in [9.17, 15) is 10.1 Å². The van der Waals surface area contributed by atoms with Crippen molar-refractivity contribution in [3.63, 3.8) is 0 Å². The lowest BCUT2D eigenvalue weighted by Gasteiger charge is -2.03. The number of nitro groups is 1. The molecule has 0 aliphatic carbocycles. The van der Waals surface area contributed by atoms with Crippen LogP contribution in [0, 0.1) is 10.1 Å². The number of pyridine rings is 1. The maximum absolute atomic E-state index is 10.6. The van der Waals surface area contributed by atoms with Crippen molar-refractivity contribution in [2.75, 3.05) is 0 Å². The highest BCUT2D eigenvalue weighted by Gasteiger charge is 2.12. The average Bonchev–Trinajstić information content (AvgIpc) is 3.03. The molecule has 2 heterocycles. The summed E-state index contributed by atoms with van der Waals surface area (Å²) in [6.45, 7) is 0.0331. The number of hydrogen-bond acceptors (Lipinski definition) is 7. The van der Waals surface area contributed by atoms with E-state index in [-0.39, 0.29) is 23.3 Å². The van der Waals surface area contributed by atoms with E-state index in [1.807, 2.05) is 0 Å². The highest BCUT2D eigenvalue weighted by atomic mass is 35.5. The smallest absolute Gasteiger partial charge is 0.269 e. The predicted molar refractivity (Wildman–Crippen MR) is 80.0 cm³/mol. The summed E-state index contributed by atoms with van der Waals surface area (Å²) >= 11 is 5.87. The molecular formula is C14H9ClN4O4. The van der Waals surface area contributed by atoms with Gasteiger partial charge in [-0.1, -0.05) is 16.8 Å². The summed E-state index contributed by atoms with van der Waals surface area (Å²) in [5, 5.41) is 14.7. The van der Waals surface area contributed by atoms with Crippen LogP contribution in [-0.4, -0.2) is 20.0 Å². The minimum absolute atomic E-state index is 0.00739. The SMILES string of the molecule is O=[N+]([O-])c1ccc(-c2noc(COc3cccnc3Cl)n2)cc1. The fraction of sp³-hybridized carbons (Fsp3) is 0.0714. The van der Waals surface area contributed by atoms with E-state index in [1.54, 1.807) is 30.5 Å². The van der Waals surface area contributed by atoms with E-state index in [2.05, 4.69) is 15.1 Å². The molecule has 0 radical (unpaired) electrons. The van der Waals surface area contributed by atoms with Gasteiger partial charge in [-0.3, -0.25) is 10.1 Å². The molecule has 0 spiro atoms. The van der Waals surface area contributed by atoms with E-state index in [0.717, 1.165) is 0 Å². The molecule has 23 heavy (non-hydrogen) atoms. The van der Waals surface area contributed by atoms with Gasteiger partial charge in [0.05, 0.1) is 4.92 Å². The number of benzene rings is 1. The first-order valence-electron chi connectivity index (χ1n) is 6.44. The van der Waals surface area contributed by atoms with Crippen molar-refractivity contribution in [1.82, 2.24) is 15.1 Å². The topological polar surface area (TPSA) is 104 Å². The highest BCUT2D eigenvalue weighted by molar-refractivity contribution is 6.30. The standard InChI is InChI=1S/C14H9ClN4O4/c15-13-11(2-1-7-16-13)22-8-12-17-14(18-23-12)9-3-5-10(6-4-9)19(20)21/h1-7H,8H2. The first-order valence-corrected chi connectivity index (χ1v) is 6.82. The fourth-order valence-electron chi connectivity index (χ4n) is 1.78. The number of non-ortho nitro benzene ring substituents is 1. The van der Waals surface area contributed by atoms with Gasteiger partial charge in [-0.15, -0.1) is 0 Å². The summed E-state index contributed by atoms with van der Waals surface area (Å²) in [5.74, 6) is 0.971. The van der Waals surface area contributed by atoms with Gasteiger partial charge in [0.2, 0.25) is 5.82 Å². The number of halogens is 1. The number of aromatic nitrogens is 3. The molecule has 0 saturated heterocycles. The Kier molecular flexibility index (Phi) is 4.15. The Bertz CT molecular complexity index is 835. The van der Waals surface area contributed by atoms with Crippen LogP contribution in [0.15, 0.2) is 47.1 Å². The molecule has 1 aromatic carbocycles. The summed E-state index contributed by atoms with van der Waals surface area (Å²) in [6.07, 6.45) is 1.55. The third kappa shape index (κ3) is 3.43. The van der Waals surface area contributed by atoms with E-state index >= 15 is 0 Å². The Balaban J connectivity index is 1.70. The molecule has 8 nitrogen and oxygen atoms in total. The molecule has 116 valence electrons. The van der Waals surface area contributed by atoms with Crippen molar-refractivity contribution in [2.24, 2.45) is 0 Å². The van der Waals surface area contributed by atoms with Crippen molar-refractivity contribution >= 4 is 17.3 Å². The Labute approximate surface area is 134 Å². The molecule has 0 aliphatic heterocycles. The number of nitro benzene ring substituents is 1. The van der Waals surface area contributed by atoms with Crippen molar-refractivity contribution in [3.05, 3.63) is 63.8 Å². The van der Waals surface area contributed by atoms with Gasteiger partial charge >= 0.3 is 0 Å². The molecule has 0 aliphatic rings. The second-order valence-electron chi connectivity index (χ2n) is 4.40. The Morgan fingerprint density at radius 2 is 2.04 bits per heavy atom. The van der Waals surface area contributed by atoms with Crippen LogP contribution >= 0.6 is 11.6 Å². The zero-order valence-corrected chi connectivity index (χ0v) is 12.3. The van der Waals surface area contributed by atoms with Gasteiger partial charge in [0.25, 0.3) is 11.6 Å². The summed E-state index contributed by atoms with van der Waals surface area (Å²) in [4.78, 5) is 18.2. The van der Waals surface area contributed by atoms with Crippen molar-refractivity contribution in [1.29, 1.82) is 0 Å². The van der Waals surface area contributed by atoms with Crippen LogP contribution in [-0.2, 0) is 6.61 Å². The molecule has 0 amide bonds. The molecule has 0 bridgehead atoms. The molecular weight excluding hydrogens is 324 g/mol. The summed E-state index contributed by atoms with van der Waals surface area (Å²) < 4.78 is 10.5. The second kappa shape index (κ2) is 6.41.